The molecule has 1 aliphatic heterocycles. The molecule has 1 fully saturated rings. The average Bonchev–Trinajstić information content (AvgIpc) is 3.52. The third-order valence-electron chi connectivity index (χ3n) is 4.98. The van der Waals surface area contributed by atoms with Crippen molar-refractivity contribution in [1.82, 2.24) is 10.0 Å². The van der Waals surface area contributed by atoms with Gasteiger partial charge in [0, 0.05) is 28.6 Å². The summed E-state index contributed by atoms with van der Waals surface area (Å²) in [6.07, 6.45) is 2.78. The van der Waals surface area contributed by atoms with Crippen LogP contribution in [0.15, 0.2) is 51.8 Å². The number of sulfonamides is 1. The van der Waals surface area contributed by atoms with Gasteiger partial charge >= 0.3 is 0 Å². The zero-order valence-corrected chi connectivity index (χ0v) is 17.6. The summed E-state index contributed by atoms with van der Waals surface area (Å²) in [6.45, 7) is 0.964. The van der Waals surface area contributed by atoms with E-state index >= 15 is 0 Å². The number of nitrogens with one attached hydrogen (secondary N) is 2. The zero-order valence-electron chi connectivity index (χ0n) is 15.2. The molecule has 4 rings (SSSR count). The van der Waals surface area contributed by atoms with Gasteiger partial charge in [-0.25, -0.2) is 13.1 Å². The molecule has 8 heteroatoms. The molecule has 1 saturated carbocycles. The van der Waals surface area contributed by atoms with Crippen molar-refractivity contribution in [3.05, 3.63) is 58.1 Å². The van der Waals surface area contributed by atoms with E-state index in [0.29, 0.717) is 31.1 Å². The molecule has 2 N–H and O–H groups in total. The lowest BCUT2D eigenvalue weighted by molar-refractivity contribution is 0.0924. The number of fused-ring (bicyclic) bond motifs is 1. The maximum atomic E-state index is 12.8. The number of hydrogen-bond acceptors (Lipinski definition) is 4. The van der Waals surface area contributed by atoms with Crippen LogP contribution in [0.2, 0.25) is 0 Å². The quantitative estimate of drug-likeness (QED) is 0.685. The maximum Gasteiger partial charge on any atom is 0.251 e. The minimum atomic E-state index is -3.61. The summed E-state index contributed by atoms with van der Waals surface area (Å²) in [5, 5.41) is 3.00. The van der Waals surface area contributed by atoms with Gasteiger partial charge in [0.25, 0.3) is 5.91 Å². The molecular formula is C20H21BrN2O4S. The van der Waals surface area contributed by atoms with Crippen LogP contribution < -0.4 is 14.8 Å². The molecule has 0 saturated heterocycles. The van der Waals surface area contributed by atoms with Crippen molar-refractivity contribution in [3.63, 3.8) is 0 Å². The Morgan fingerprint density at radius 2 is 1.96 bits per heavy atom. The van der Waals surface area contributed by atoms with Crippen LogP contribution in [0.1, 0.15) is 41.2 Å². The molecule has 6 nitrogen and oxygen atoms in total. The molecule has 1 unspecified atom stereocenters. The summed E-state index contributed by atoms with van der Waals surface area (Å²) in [4.78, 5) is 12.9. The van der Waals surface area contributed by atoms with Gasteiger partial charge in [-0.3, -0.25) is 4.79 Å². The van der Waals surface area contributed by atoms with Crippen molar-refractivity contribution >= 4 is 31.9 Å². The van der Waals surface area contributed by atoms with E-state index in [-0.39, 0.29) is 16.8 Å². The number of hydrogen-bond donors (Lipinski definition) is 2. The minimum Gasteiger partial charge on any atom is -0.493 e. The highest BCUT2D eigenvalue weighted by Gasteiger charge is 2.26. The summed E-state index contributed by atoms with van der Waals surface area (Å²) in [6, 6.07) is 11.6. The van der Waals surface area contributed by atoms with Gasteiger partial charge in [0.15, 0.2) is 0 Å². The first-order chi connectivity index (χ1) is 13.4. The van der Waals surface area contributed by atoms with Crippen LogP contribution in [0, 0.1) is 5.92 Å². The van der Waals surface area contributed by atoms with Gasteiger partial charge in [-0.05, 0) is 55.2 Å². The lowest BCUT2D eigenvalue weighted by Crippen LogP contribution is -2.32. The highest BCUT2D eigenvalue weighted by Crippen LogP contribution is 2.34. The first-order valence-corrected chi connectivity index (χ1v) is 11.5. The van der Waals surface area contributed by atoms with Crippen LogP contribution in [0.5, 0.6) is 5.75 Å². The minimum absolute atomic E-state index is 0.107. The van der Waals surface area contributed by atoms with Crippen LogP contribution >= 0.6 is 15.9 Å². The largest absolute Gasteiger partial charge is 0.493 e. The molecule has 0 spiro atoms. The van der Waals surface area contributed by atoms with E-state index in [1.54, 1.807) is 12.1 Å². The third-order valence-corrected chi connectivity index (χ3v) is 6.90. The molecule has 1 aliphatic carbocycles. The number of halogens is 1. The fourth-order valence-electron chi connectivity index (χ4n) is 3.19. The molecule has 1 amide bonds. The highest BCUT2D eigenvalue weighted by molar-refractivity contribution is 9.10. The van der Waals surface area contributed by atoms with E-state index in [2.05, 4.69) is 26.0 Å². The van der Waals surface area contributed by atoms with Gasteiger partial charge in [0.05, 0.1) is 17.5 Å². The van der Waals surface area contributed by atoms with Crippen molar-refractivity contribution in [3.8, 4) is 5.75 Å². The Morgan fingerprint density at radius 3 is 2.75 bits per heavy atom. The fraction of sp³-hybridized carbons (Fsp3) is 0.350. The predicted octanol–water partition coefficient (Wildman–Crippen LogP) is 3.39. The van der Waals surface area contributed by atoms with Gasteiger partial charge in [0.2, 0.25) is 10.0 Å². The van der Waals surface area contributed by atoms with Crippen LogP contribution in [-0.2, 0) is 10.0 Å². The summed E-state index contributed by atoms with van der Waals surface area (Å²) in [5.74, 6) is 0.881. The van der Waals surface area contributed by atoms with E-state index in [1.165, 1.54) is 12.1 Å². The Kier molecular flexibility index (Phi) is 5.44. The summed E-state index contributed by atoms with van der Waals surface area (Å²) >= 11 is 3.45. The Morgan fingerprint density at radius 1 is 1.14 bits per heavy atom. The van der Waals surface area contributed by atoms with Gasteiger partial charge in [-0.2, -0.15) is 0 Å². The smallest absolute Gasteiger partial charge is 0.251 e. The predicted molar refractivity (Wildman–Crippen MR) is 109 cm³/mol. The molecule has 2 aliphatic rings. The van der Waals surface area contributed by atoms with Crippen LogP contribution in [0.25, 0.3) is 0 Å². The van der Waals surface area contributed by atoms with Crippen LogP contribution in [0.3, 0.4) is 0 Å². The third kappa shape index (κ3) is 4.39. The lowest BCUT2D eigenvalue weighted by Gasteiger charge is -2.27. The van der Waals surface area contributed by atoms with E-state index in [9.17, 15) is 13.2 Å². The average molecular weight is 465 g/mol. The second-order valence-corrected chi connectivity index (χ2v) is 9.85. The Bertz CT molecular complexity index is 1010. The number of amides is 1. The second-order valence-electron chi connectivity index (χ2n) is 7.17. The zero-order chi connectivity index (χ0) is 19.7. The molecule has 28 heavy (non-hydrogen) atoms. The lowest BCUT2D eigenvalue weighted by atomic mass is 10.00. The number of ether oxygens (including phenoxy) is 1. The first kappa shape index (κ1) is 19.4. The Labute approximate surface area is 172 Å². The molecule has 2 aromatic rings. The van der Waals surface area contributed by atoms with Crippen LogP contribution in [0.4, 0.5) is 0 Å². The van der Waals surface area contributed by atoms with Crippen molar-refractivity contribution in [2.75, 3.05) is 13.2 Å². The van der Waals surface area contributed by atoms with Crippen molar-refractivity contribution in [2.24, 2.45) is 5.92 Å². The first-order valence-electron chi connectivity index (χ1n) is 9.25. The van der Waals surface area contributed by atoms with Crippen molar-refractivity contribution < 1.29 is 17.9 Å². The Hall–Kier alpha value is -1.90. The molecule has 148 valence electrons. The molecule has 0 bridgehead atoms. The molecule has 0 aromatic heterocycles. The monoisotopic (exact) mass is 464 g/mol. The summed E-state index contributed by atoms with van der Waals surface area (Å²) in [7, 11) is -3.61. The summed E-state index contributed by atoms with van der Waals surface area (Å²) in [5.41, 5.74) is 1.22. The molecule has 2 aromatic carbocycles. The van der Waals surface area contributed by atoms with Gasteiger partial charge in [0.1, 0.15) is 5.75 Å². The van der Waals surface area contributed by atoms with Crippen LogP contribution in [-0.4, -0.2) is 27.5 Å². The number of rotatable bonds is 6. The van der Waals surface area contributed by atoms with Gasteiger partial charge in [-0.1, -0.05) is 22.0 Å². The van der Waals surface area contributed by atoms with Crippen molar-refractivity contribution in [2.45, 2.75) is 30.2 Å². The van der Waals surface area contributed by atoms with Gasteiger partial charge < -0.3 is 10.1 Å². The van der Waals surface area contributed by atoms with Crippen molar-refractivity contribution in [1.29, 1.82) is 0 Å². The topological polar surface area (TPSA) is 84.5 Å². The normalized spacial score (nSPS) is 18.8. The number of carbonyl (C=O) groups excluding carboxylic acids is 1. The fourth-order valence-corrected chi connectivity index (χ4v) is 4.73. The standard InChI is InChI=1S/C20H21BrN2O4S/c21-15-6-7-19-17(11-15)18(8-9-27-19)23-20(24)14-2-1-3-16(10-14)28(25,26)22-12-13-4-5-13/h1-3,6-7,10-11,13,18,22H,4-5,8-9,12H2,(H,23,24). The Balaban J connectivity index is 1.51. The maximum absolute atomic E-state index is 12.8. The molecule has 0 radical (unpaired) electrons. The number of carbonyl (C=O) groups is 1. The molecule has 1 heterocycles. The van der Waals surface area contributed by atoms with E-state index in [4.69, 9.17) is 4.74 Å². The van der Waals surface area contributed by atoms with E-state index in [0.717, 1.165) is 28.6 Å². The van der Waals surface area contributed by atoms with Gasteiger partial charge in [-0.15, -0.1) is 0 Å². The van der Waals surface area contributed by atoms with E-state index < -0.39 is 10.0 Å². The molecule has 1 atom stereocenters. The van der Waals surface area contributed by atoms with E-state index in [1.807, 2.05) is 18.2 Å². The highest BCUT2D eigenvalue weighted by atomic mass is 79.9. The SMILES string of the molecule is O=C(NC1CCOc2ccc(Br)cc21)c1cccc(S(=O)(=O)NCC2CC2)c1. The molecular weight excluding hydrogens is 444 g/mol. The second kappa shape index (κ2) is 7.85. The summed E-state index contributed by atoms with van der Waals surface area (Å²) < 4.78 is 34.1. The number of benzene rings is 2.